The van der Waals surface area contributed by atoms with Gasteiger partial charge in [0.15, 0.2) is 0 Å². The Morgan fingerprint density at radius 1 is 1.15 bits per heavy atom. The summed E-state index contributed by atoms with van der Waals surface area (Å²) in [5.74, 6) is -0.266. The second kappa shape index (κ2) is 10.1. The molecule has 6 nitrogen and oxygen atoms in total. The van der Waals surface area contributed by atoms with Crippen LogP contribution in [-0.2, 0) is 14.8 Å². The van der Waals surface area contributed by atoms with E-state index in [1.165, 1.54) is 30.0 Å². The Hall–Kier alpha value is -1.60. The Balaban J connectivity index is 1.88. The molecule has 1 amide bonds. The van der Waals surface area contributed by atoms with Gasteiger partial charge in [-0.25, -0.2) is 8.42 Å². The number of benzene rings is 1. The third-order valence-corrected chi connectivity index (χ3v) is 6.33. The van der Waals surface area contributed by atoms with Crippen LogP contribution in [0.1, 0.15) is 43.2 Å². The maximum atomic E-state index is 12.3. The molecule has 0 atom stereocenters. The standard InChI is InChI=1S/C20H33N3O3S/c1-17-10-8-11-19(18(17)2)23(27(3,25)26)16-20(24)21-12-9-15-22-13-6-4-5-7-14-22/h8,10-11H,4-7,9,12-16H2,1-3H3,(H,21,24). The zero-order valence-corrected chi connectivity index (χ0v) is 17.6. The van der Waals surface area contributed by atoms with Crippen molar-refractivity contribution < 1.29 is 13.2 Å². The van der Waals surface area contributed by atoms with Crippen LogP contribution in [0.3, 0.4) is 0 Å². The minimum Gasteiger partial charge on any atom is -0.354 e. The minimum absolute atomic E-state index is 0.188. The number of hydrogen-bond acceptors (Lipinski definition) is 4. The van der Waals surface area contributed by atoms with E-state index in [-0.39, 0.29) is 12.5 Å². The van der Waals surface area contributed by atoms with Gasteiger partial charge < -0.3 is 10.2 Å². The summed E-state index contributed by atoms with van der Waals surface area (Å²) in [5.41, 5.74) is 2.44. The van der Waals surface area contributed by atoms with Crippen molar-refractivity contribution in [3.8, 4) is 0 Å². The van der Waals surface area contributed by atoms with Gasteiger partial charge in [-0.1, -0.05) is 25.0 Å². The predicted molar refractivity (Wildman–Crippen MR) is 111 cm³/mol. The van der Waals surface area contributed by atoms with Gasteiger partial charge in [0.25, 0.3) is 0 Å². The Bertz CT molecular complexity index is 726. The van der Waals surface area contributed by atoms with Gasteiger partial charge in [-0.3, -0.25) is 9.10 Å². The number of nitrogens with one attached hydrogen (secondary N) is 1. The zero-order valence-electron chi connectivity index (χ0n) is 16.8. The van der Waals surface area contributed by atoms with Crippen LogP contribution in [0.5, 0.6) is 0 Å². The molecule has 1 aromatic carbocycles. The molecule has 0 bridgehead atoms. The van der Waals surface area contributed by atoms with Gasteiger partial charge in [0.2, 0.25) is 15.9 Å². The van der Waals surface area contributed by atoms with E-state index in [4.69, 9.17) is 0 Å². The van der Waals surface area contributed by atoms with E-state index in [0.29, 0.717) is 12.2 Å². The highest BCUT2D eigenvalue weighted by atomic mass is 32.2. The maximum absolute atomic E-state index is 12.3. The van der Waals surface area contributed by atoms with E-state index in [1.54, 1.807) is 6.07 Å². The molecule has 2 rings (SSSR count). The van der Waals surface area contributed by atoms with Crippen LogP contribution in [-0.4, -0.2) is 58.2 Å². The number of amides is 1. The molecular formula is C20H33N3O3S. The van der Waals surface area contributed by atoms with Crippen molar-refractivity contribution in [1.29, 1.82) is 0 Å². The topological polar surface area (TPSA) is 69.7 Å². The molecule has 1 fully saturated rings. The lowest BCUT2D eigenvalue weighted by atomic mass is 10.1. The number of carbonyl (C=O) groups excluding carboxylic acids is 1. The molecule has 1 heterocycles. The van der Waals surface area contributed by atoms with Gasteiger partial charge in [-0.2, -0.15) is 0 Å². The number of anilines is 1. The van der Waals surface area contributed by atoms with Gasteiger partial charge in [-0.15, -0.1) is 0 Å². The summed E-state index contributed by atoms with van der Waals surface area (Å²) in [4.78, 5) is 14.8. The SMILES string of the molecule is Cc1cccc(N(CC(=O)NCCCN2CCCCCC2)S(C)(=O)=O)c1C. The van der Waals surface area contributed by atoms with Crippen LogP contribution >= 0.6 is 0 Å². The molecule has 27 heavy (non-hydrogen) atoms. The third kappa shape index (κ3) is 6.81. The molecular weight excluding hydrogens is 362 g/mol. The average molecular weight is 396 g/mol. The molecule has 1 aliphatic heterocycles. The summed E-state index contributed by atoms with van der Waals surface area (Å²) in [7, 11) is -3.54. The first-order valence-corrected chi connectivity index (χ1v) is 11.7. The van der Waals surface area contributed by atoms with Crippen molar-refractivity contribution in [1.82, 2.24) is 10.2 Å². The van der Waals surface area contributed by atoms with Gasteiger partial charge in [0.05, 0.1) is 11.9 Å². The summed E-state index contributed by atoms with van der Waals surface area (Å²) >= 11 is 0. The van der Waals surface area contributed by atoms with Crippen molar-refractivity contribution in [2.75, 3.05) is 43.3 Å². The Kier molecular flexibility index (Phi) is 8.10. The molecule has 0 aromatic heterocycles. The number of rotatable bonds is 8. The largest absolute Gasteiger partial charge is 0.354 e. The molecule has 1 aromatic rings. The molecule has 0 saturated carbocycles. The van der Waals surface area contributed by atoms with Crippen molar-refractivity contribution in [2.24, 2.45) is 0 Å². The first-order valence-electron chi connectivity index (χ1n) is 9.82. The molecule has 0 aliphatic carbocycles. The Morgan fingerprint density at radius 3 is 2.44 bits per heavy atom. The minimum atomic E-state index is -3.54. The van der Waals surface area contributed by atoms with E-state index in [9.17, 15) is 13.2 Å². The number of carbonyl (C=O) groups is 1. The molecule has 152 valence electrons. The van der Waals surface area contributed by atoms with Gasteiger partial charge in [0, 0.05) is 6.54 Å². The van der Waals surface area contributed by atoms with E-state index in [1.807, 2.05) is 26.0 Å². The van der Waals surface area contributed by atoms with E-state index < -0.39 is 10.0 Å². The second-order valence-corrected chi connectivity index (χ2v) is 9.35. The summed E-state index contributed by atoms with van der Waals surface area (Å²) in [6.07, 6.45) is 7.16. The summed E-state index contributed by atoms with van der Waals surface area (Å²) in [5, 5.41) is 2.87. The predicted octanol–water partition coefficient (Wildman–Crippen LogP) is 2.45. The lowest BCUT2D eigenvalue weighted by molar-refractivity contribution is -0.119. The highest BCUT2D eigenvalue weighted by molar-refractivity contribution is 7.92. The highest BCUT2D eigenvalue weighted by Crippen LogP contribution is 2.24. The van der Waals surface area contributed by atoms with Gasteiger partial charge in [-0.05, 0) is 69.9 Å². The summed E-state index contributed by atoms with van der Waals surface area (Å²) in [6, 6.07) is 5.49. The van der Waals surface area contributed by atoms with Gasteiger partial charge in [0.1, 0.15) is 6.54 Å². The number of likely N-dealkylation sites (tertiary alicyclic amines) is 1. The van der Waals surface area contributed by atoms with Gasteiger partial charge >= 0.3 is 0 Å². The summed E-state index contributed by atoms with van der Waals surface area (Å²) < 4.78 is 25.7. The summed E-state index contributed by atoms with van der Waals surface area (Å²) in [6.45, 7) is 7.45. The van der Waals surface area contributed by atoms with E-state index in [0.717, 1.165) is 43.4 Å². The zero-order chi connectivity index (χ0) is 19.9. The highest BCUT2D eigenvalue weighted by Gasteiger charge is 2.22. The van der Waals surface area contributed by atoms with Crippen LogP contribution in [0.4, 0.5) is 5.69 Å². The first-order chi connectivity index (χ1) is 12.8. The van der Waals surface area contributed by atoms with Crippen LogP contribution in [0.25, 0.3) is 0 Å². The number of nitrogens with zero attached hydrogens (tertiary/aromatic N) is 2. The maximum Gasteiger partial charge on any atom is 0.240 e. The molecule has 0 unspecified atom stereocenters. The second-order valence-electron chi connectivity index (χ2n) is 7.45. The van der Waals surface area contributed by atoms with Crippen molar-refractivity contribution in [2.45, 2.75) is 46.0 Å². The van der Waals surface area contributed by atoms with E-state index in [2.05, 4.69) is 10.2 Å². The molecule has 1 N–H and O–H groups in total. The van der Waals surface area contributed by atoms with Crippen LogP contribution < -0.4 is 9.62 Å². The van der Waals surface area contributed by atoms with Crippen molar-refractivity contribution in [3.05, 3.63) is 29.3 Å². The molecule has 7 heteroatoms. The fraction of sp³-hybridized carbons (Fsp3) is 0.650. The Morgan fingerprint density at radius 2 is 1.81 bits per heavy atom. The molecule has 1 aliphatic rings. The third-order valence-electron chi connectivity index (χ3n) is 5.20. The molecule has 0 radical (unpaired) electrons. The number of hydrogen-bond donors (Lipinski definition) is 1. The Labute approximate surface area is 164 Å². The fourth-order valence-corrected chi connectivity index (χ4v) is 4.37. The van der Waals surface area contributed by atoms with E-state index >= 15 is 0 Å². The molecule has 1 saturated heterocycles. The quantitative estimate of drug-likeness (QED) is 0.687. The lowest BCUT2D eigenvalue weighted by Crippen LogP contribution is -2.41. The smallest absolute Gasteiger partial charge is 0.240 e. The lowest BCUT2D eigenvalue weighted by Gasteiger charge is -2.24. The van der Waals surface area contributed by atoms with Crippen LogP contribution in [0.15, 0.2) is 18.2 Å². The first kappa shape index (κ1) is 21.7. The number of sulfonamides is 1. The normalized spacial score (nSPS) is 16.0. The monoisotopic (exact) mass is 395 g/mol. The number of aryl methyl sites for hydroxylation is 1. The van der Waals surface area contributed by atoms with Crippen molar-refractivity contribution >= 4 is 21.6 Å². The van der Waals surface area contributed by atoms with Crippen molar-refractivity contribution in [3.63, 3.8) is 0 Å². The fourth-order valence-electron chi connectivity index (χ4n) is 3.46. The average Bonchev–Trinajstić information content (AvgIpc) is 2.87. The van der Waals surface area contributed by atoms with Crippen LogP contribution in [0.2, 0.25) is 0 Å². The van der Waals surface area contributed by atoms with Crippen LogP contribution in [0, 0.1) is 13.8 Å². The molecule has 0 spiro atoms.